The zero-order valence-electron chi connectivity index (χ0n) is 6.97. The number of hydrogen-bond acceptors (Lipinski definition) is 2. The Morgan fingerprint density at radius 1 is 1.11 bits per heavy atom. The third kappa shape index (κ3) is 3.88. The second-order valence-corrected chi connectivity index (χ2v) is 2.63. The molecule has 0 aromatic carbocycles. The lowest BCUT2D eigenvalue weighted by Crippen LogP contribution is -2.12. The van der Waals surface area contributed by atoms with E-state index in [4.69, 9.17) is 0 Å². The highest BCUT2D eigenvalue weighted by Gasteiger charge is 1.88. The molecule has 0 amide bonds. The number of rotatable bonds is 2. The van der Waals surface area contributed by atoms with Gasteiger partial charge in [-0.3, -0.25) is 0 Å². The minimum absolute atomic E-state index is 1.26. The van der Waals surface area contributed by atoms with Gasteiger partial charge in [-0.2, -0.15) is 0 Å². The van der Waals surface area contributed by atoms with Crippen LogP contribution in [0.3, 0.4) is 0 Å². The van der Waals surface area contributed by atoms with Crippen molar-refractivity contribution in [3.05, 3.63) is 11.9 Å². The van der Waals surface area contributed by atoms with Gasteiger partial charge in [0.05, 0.1) is 0 Å². The van der Waals surface area contributed by atoms with Crippen molar-refractivity contribution in [3.8, 4) is 0 Å². The Morgan fingerprint density at radius 2 is 1.56 bits per heavy atom. The van der Waals surface area contributed by atoms with Crippen molar-refractivity contribution in [1.82, 2.24) is 9.80 Å². The van der Waals surface area contributed by atoms with Crippen LogP contribution < -0.4 is 0 Å². The van der Waals surface area contributed by atoms with Gasteiger partial charge in [0.2, 0.25) is 0 Å². The van der Waals surface area contributed by atoms with E-state index in [0.717, 1.165) is 0 Å². The van der Waals surface area contributed by atoms with Gasteiger partial charge in [0, 0.05) is 40.1 Å². The molecule has 0 saturated heterocycles. The van der Waals surface area contributed by atoms with E-state index >= 15 is 0 Å². The largest absolute Gasteiger partial charge is 0.382 e. The minimum Gasteiger partial charge on any atom is -0.382 e. The standard InChI is InChI=1S/C7H16N2/c1-7(9(4)5)6-8(2)3/h6H,1-5H3. The minimum atomic E-state index is 1.26. The molecule has 0 aromatic heterocycles. The van der Waals surface area contributed by atoms with Crippen molar-refractivity contribution in [3.63, 3.8) is 0 Å². The van der Waals surface area contributed by atoms with Crippen LogP contribution in [-0.4, -0.2) is 38.0 Å². The second-order valence-electron chi connectivity index (χ2n) is 2.63. The Kier molecular flexibility index (Phi) is 3.13. The average molecular weight is 128 g/mol. The fourth-order valence-corrected chi connectivity index (χ4v) is 0.489. The normalized spacial score (nSPS) is 11.4. The molecule has 0 bridgehead atoms. The summed E-state index contributed by atoms with van der Waals surface area (Å²) in [6, 6.07) is 0. The molecule has 2 heteroatoms. The van der Waals surface area contributed by atoms with Crippen LogP contribution in [0.15, 0.2) is 11.9 Å². The van der Waals surface area contributed by atoms with Crippen LogP contribution >= 0.6 is 0 Å². The van der Waals surface area contributed by atoms with Crippen molar-refractivity contribution >= 4 is 0 Å². The van der Waals surface area contributed by atoms with Gasteiger partial charge in [-0.15, -0.1) is 0 Å². The fourth-order valence-electron chi connectivity index (χ4n) is 0.489. The highest BCUT2D eigenvalue weighted by Crippen LogP contribution is 1.95. The predicted molar refractivity (Wildman–Crippen MR) is 41.1 cm³/mol. The summed E-state index contributed by atoms with van der Waals surface area (Å²) in [7, 11) is 8.12. The fraction of sp³-hybridized carbons (Fsp3) is 0.714. The van der Waals surface area contributed by atoms with Crippen LogP contribution in [0.4, 0.5) is 0 Å². The summed E-state index contributed by atoms with van der Waals surface area (Å²) in [5, 5.41) is 0. The second kappa shape index (κ2) is 3.38. The molecule has 0 fully saturated rings. The summed E-state index contributed by atoms with van der Waals surface area (Å²) in [5.41, 5.74) is 1.26. The molecule has 54 valence electrons. The number of nitrogens with zero attached hydrogens (tertiary/aromatic N) is 2. The molecule has 9 heavy (non-hydrogen) atoms. The van der Waals surface area contributed by atoms with Crippen LogP contribution in [0, 0.1) is 0 Å². The molecule has 0 N–H and O–H groups in total. The van der Waals surface area contributed by atoms with E-state index in [1.54, 1.807) is 0 Å². The highest BCUT2D eigenvalue weighted by atomic mass is 15.1. The first kappa shape index (κ1) is 8.34. The molecular weight excluding hydrogens is 112 g/mol. The number of allylic oxidation sites excluding steroid dienone is 1. The van der Waals surface area contributed by atoms with Crippen LogP contribution in [0.25, 0.3) is 0 Å². The molecule has 0 heterocycles. The van der Waals surface area contributed by atoms with E-state index in [0.29, 0.717) is 0 Å². The van der Waals surface area contributed by atoms with E-state index in [-0.39, 0.29) is 0 Å². The summed E-state index contributed by atoms with van der Waals surface area (Å²) >= 11 is 0. The molecule has 0 spiro atoms. The molecule has 0 aromatic rings. The van der Waals surface area contributed by atoms with E-state index in [1.165, 1.54) is 5.70 Å². The predicted octanol–water partition coefficient (Wildman–Crippen LogP) is 0.971. The number of hydrogen-bond donors (Lipinski definition) is 0. The first-order valence-corrected chi connectivity index (χ1v) is 3.06. The molecule has 0 aliphatic heterocycles. The summed E-state index contributed by atoms with van der Waals surface area (Å²) in [4.78, 5) is 4.12. The van der Waals surface area contributed by atoms with Gasteiger partial charge in [-0.1, -0.05) is 0 Å². The van der Waals surface area contributed by atoms with Crippen molar-refractivity contribution < 1.29 is 0 Å². The maximum absolute atomic E-state index is 2.08. The van der Waals surface area contributed by atoms with Crippen LogP contribution in [0.2, 0.25) is 0 Å². The lowest BCUT2D eigenvalue weighted by Gasteiger charge is -2.15. The molecular formula is C7H16N2. The third-order valence-electron chi connectivity index (χ3n) is 1.15. The summed E-state index contributed by atoms with van der Waals surface area (Å²) in [5.74, 6) is 0. The zero-order chi connectivity index (χ0) is 7.44. The summed E-state index contributed by atoms with van der Waals surface area (Å²) in [6.07, 6.45) is 2.08. The third-order valence-corrected chi connectivity index (χ3v) is 1.15. The lowest BCUT2D eigenvalue weighted by atomic mass is 10.5. The quantitative estimate of drug-likeness (QED) is 0.547. The summed E-state index contributed by atoms with van der Waals surface area (Å²) in [6.45, 7) is 2.08. The molecule has 2 nitrogen and oxygen atoms in total. The monoisotopic (exact) mass is 128 g/mol. The van der Waals surface area contributed by atoms with Crippen molar-refractivity contribution in [1.29, 1.82) is 0 Å². The van der Waals surface area contributed by atoms with E-state index in [2.05, 4.69) is 18.0 Å². The maximum Gasteiger partial charge on any atom is 0.0257 e. The first-order chi connectivity index (χ1) is 4.04. The van der Waals surface area contributed by atoms with Crippen molar-refractivity contribution in [2.75, 3.05) is 28.2 Å². The van der Waals surface area contributed by atoms with Gasteiger partial charge in [-0.05, 0) is 6.92 Å². The van der Waals surface area contributed by atoms with Gasteiger partial charge < -0.3 is 9.80 Å². The van der Waals surface area contributed by atoms with E-state index < -0.39 is 0 Å². The van der Waals surface area contributed by atoms with Gasteiger partial charge in [0.1, 0.15) is 0 Å². The Hall–Kier alpha value is -0.660. The summed E-state index contributed by atoms with van der Waals surface area (Å²) < 4.78 is 0. The Morgan fingerprint density at radius 3 is 1.67 bits per heavy atom. The maximum atomic E-state index is 2.08. The Labute approximate surface area is 57.8 Å². The Balaban J connectivity index is 3.84. The lowest BCUT2D eigenvalue weighted by molar-refractivity contribution is 0.474. The molecule has 0 saturated carbocycles. The molecule has 0 rings (SSSR count). The Bertz CT molecular complexity index is 103. The highest BCUT2D eigenvalue weighted by molar-refractivity contribution is 4.92. The molecule has 0 aliphatic rings. The first-order valence-electron chi connectivity index (χ1n) is 3.06. The zero-order valence-corrected chi connectivity index (χ0v) is 6.97. The van der Waals surface area contributed by atoms with E-state index in [9.17, 15) is 0 Å². The molecule has 0 atom stereocenters. The topological polar surface area (TPSA) is 6.48 Å². The van der Waals surface area contributed by atoms with Gasteiger partial charge in [0.15, 0.2) is 0 Å². The van der Waals surface area contributed by atoms with Gasteiger partial charge in [0.25, 0.3) is 0 Å². The molecule has 0 unspecified atom stereocenters. The smallest absolute Gasteiger partial charge is 0.0257 e. The molecule has 0 aliphatic carbocycles. The average Bonchev–Trinajstić information content (AvgIpc) is 1.63. The van der Waals surface area contributed by atoms with Crippen LogP contribution in [0.1, 0.15) is 6.92 Å². The van der Waals surface area contributed by atoms with Crippen LogP contribution in [-0.2, 0) is 0 Å². The van der Waals surface area contributed by atoms with E-state index in [1.807, 2.05) is 33.1 Å². The van der Waals surface area contributed by atoms with Crippen molar-refractivity contribution in [2.45, 2.75) is 6.92 Å². The molecule has 0 radical (unpaired) electrons. The van der Waals surface area contributed by atoms with Gasteiger partial charge >= 0.3 is 0 Å². The van der Waals surface area contributed by atoms with Gasteiger partial charge in [-0.25, -0.2) is 0 Å². The van der Waals surface area contributed by atoms with Crippen LogP contribution in [0.5, 0.6) is 0 Å². The van der Waals surface area contributed by atoms with Crippen molar-refractivity contribution in [2.24, 2.45) is 0 Å². The SMILES string of the molecule is CC(=CN(C)C)N(C)C.